The highest BCUT2D eigenvalue weighted by molar-refractivity contribution is 7.80. The number of hydrogen-bond acceptors (Lipinski definition) is 3. The van der Waals surface area contributed by atoms with Crippen LogP contribution in [0.2, 0.25) is 0 Å². The molecule has 1 N–H and O–H groups in total. The van der Waals surface area contributed by atoms with Gasteiger partial charge in [0.1, 0.15) is 6.61 Å². The number of ether oxygens (including phenoxy) is 2. The molecule has 25 heavy (non-hydrogen) atoms. The summed E-state index contributed by atoms with van der Waals surface area (Å²) in [6.45, 7) is 8.28. The molecule has 1 aliphatic rings. The lowest BCUT2D eigenvalue weighted by Crippen LogP contribution is -2.45. The zero-order valence-electron chi connectivity index (χ0n) is 14.9. The fourth-order valence-corrected chi connectivity index (χ4v) is 3.33. The monoisotopic (exact) mass is 356 g/mol. The van der Waals surface area contributed by atoms with Gasteiger partial charge in [0.05, 0.1) is 6.54 Å². The summed E-state index contributed by atoms with van der Waals surface area (Å²) >= 11 is 5.61. The van der Waals surface area contributed by atoms with E-state index in [9.17, 15) is 0 Å². The Balaban J connectivity index is 1.63. The van der Waals surface area contributed by atoms with Crippen LogP contribution in [0.1, 0.15) is 18.1 Å². The molecule has 0 saturated heterocycles. The van der Waals surface area contributed by atoms with Gasteiger partial charge in [-0.15, -0.1) is 0 Å². The first-order valence-electron chi connectivity index (χ1n) is 8.58. The summed E-state index contributed by atoms with van der Waals surface area (Å²) in [6.07, 6.45) is -0.0474. The fourth-order valence-electron chi connectivity index (χ4n) is 3.00. The van der Waals surface area contributed by atoms with E-state index in [1.54, 1.807) is 0 Å². The van der Waals surface area contributed by atoms with Crippen LogP contribution >= 0.6 is 12.2 Å². The lowest BCUT2D eigenvalue weighted by molar-refractivity contribution is 0.0754. The van der Waals surface area contributed by atoms with Crippen LogP contribution in [0.5, 0.6) is 11.5 Å². The van der Waals surface area contributed by atoms with E-state index in [4.69, 9.17) is 21.7 Å². The zero-order chi connectivity index (χ0) is 17.8. The second-order valence-electron chi connectivity index (χ2n) is 6.34. The molecule has 0 unspecified atom stereocenters. The Morgan fingerprint density at radius 1 is 1.16 bits per heavy atom. The molecule has 3 rings (SSSR count). The van der Waals surface area contributed by atoms with Gasteiger partial charge in [-0.2, -0.15) is 0 Å². The molecule has 1 heterocycles. The summed E-state index contributed by atoms with van der Waals surface area (Å²) in [4.78, 5) is 2.11. The number of anilines is 1. The van der Waals surface area contributed by atoms with E-state index < -0.39 is 0 Å². The third-order valence-corrected chi connectivity index (χ3v) is 4.49. The van der Waals surface area contributed by atoms with Crippen LogP contribution in [0.25, 0.3) is 0 Å². The van der Waals surface area contributed by atoms with Crippen molar-refractivity contribution in [1.82, 2.24) is 4.90 Å². The maximum atomic E-state index is 6.05. The van der Waals surface area contributed by atoms with Crippen LogP contribution in [0.15, 0.2) is 42.5 Å². The molecular weight excluding hydrogens is 332 g/mol. The molecule has 0 aliphatic carbocycles. The number of hydrogen-bond donors (Lipinski definition) is 1. The predicted molar refractivity (Wildman–Crippen MR) is 106 cm³/mol. The van der Waals surface area contributed by atoms with Crippen LogP contribution < -0.4 is 14.8 Å². The summed E-state index contributed by atoms with van der Waals surface area (Å²) in [6, 6.07) is 14.1. The number of fused-ring (bicyclic) bond motifs is 1. The molecule has 0 bridgehead atoms. The summed E-state index contributed by atoms with van der Waals surface area (Å²) < 4.78 is 11.8. The fraction of sp³-hybridized carbons (Fsp3) is 0.350. The van der Waals surface area contributed by atoms with Gasteiger partial charge in [-0.05, 0) is 68.4 Å². The van der Waals surface area contributed by atoms with Crippen LogP contribution in [0.3, 0.4) is 0 Å². The van der Waals surface area contributed by atoms with Gasteiger partial charge in [-0.1, -0.05) is 18.2 Å². The van der Waals surface area contributed by atoms with E-state index in [-0.39, 0.29) is 6.10 Å². The first-order chi connectivity index (χ1) is 12.0. The van der Waals surface area contributed by atoms with E-state index in [0.717, 1.165) is 23.7 Å². The summed E-state index contributed by atoms with van der Waals surface area (Å²) in [5.41, 5.74) is 3.45. The van der Waals surface area contributed by atoms with Crippen molar-refractivity contribution in [3.8, 4) is 11.5 Å². The van der Waals surface area contributed by atoms with Crippen molar-refractivity contribution < 1.29 is 9.47 Å². The Labute approximate surface area is 154 Å². The molecule has 0 fully saturated rings. The minimum absolute atomic E-state index is 0.0474. The number of nitrogens with zero attached hydrogens (tertiary/aromatic N) is 1. The smallest absolute Gasteiger partial charge is 0.173 e. The van der Waals surface area contributed by atoms with Crippen molar-refractivity contribution >= 4 is 23.0 Å². The Morgan fingerprint density at radius 3 is 2.52 bits per heavy atom. The van der Waals surface area contributed by atoms with Gasteiger partial charge < -0.3 is 19.7 Å². The van der Waals surface area contributed by atoms with E-state index in [2.05, 4.69) is 49.2 Å². The van der Waals surface area contributed by atoms with Crippen LogP contribution in [-0.4, -0.2) is 35.8 Å². The molecular formula is C20H24N2O2S. The average Bonchev–Trinajstić information content (AvgIpc) is 2.58. The second kappa shape index (κ2) is 7.74. The molecule has 0 amide bonds. The maximum absolute atomic E-state index is 6.05. The van der Waals surface area contributed by atoms with Crippen LogP contribution in [-0.2, 0) is 0 Å². The van der Waals surface area contributed by atoms with Gasteiger partial charge in [0.2, 0.25) is 0 Å². The van der Waals surface area contributed by atoms with Gasteiger partial charge in [-0.3, -0.25) is 0 Å². The van der Waals surface area contributed by atoms with Crippen molar-refractivity contribution in [2.24, 2.45) is 0 Å². The predicted octanol–water partition coefficient (Wildman–Crippen LogP) is 4.16. The quantitative estimate of drug-likeness (QED) is 0.832. The van der Waals surface area contributed by atoms with Gasteiger partial charge in [0, 0.05) is 12.2 Å². The highest BCUT2D eigenvalue weighted by atomic mass is 32.1. The molecule has 5 heteroatoms. The normalized spacial score (nSPS) is 15.6. The van der Waals surface area contributed by atoms with Gasteiger partial charge >= 0.3 is 0 Å². The molecule has 0 saturated carbocycles. The number of para-hydroxylation sites is 2. The molecule has 0 aromatic heterocycles. The molecule has 2 aromatic rings. The standard InChI is InChI=1S/C20H24N2O2S/c1-4-22(20(25)21-16-10-14(2)9-15(3)11-16)12-17-13-23-18-7-5-6-8-19(18)24-17/h5-11,17H,4,12-13H2,1-3H3,(H,21,25)/t17-/m1/s1. The minimum Gasteiger partial charge on any atom is -0.486 e. The van der Waals surface area contributed by atoms with Gasteiger partial charge in [-0.25, -0.2) is 0 Å². The molecule has 132 valence electrons. The van der Waals surface area contributed by atoms with Crippen molar-refractivity contribution in [2.75, 3.05) is 25.0 Å². The van der Waals surface area contributed by atoms with Gasteiger partial charge in [0.25, 0.3) is 0 Å². The number of benzene rings is 2. The number of rotatable bonds is 4. The molecule has 4 nitrogen and oxygen atoms in total. The number of nitrogens with one attached hydrogen (secondary N) is 1. The van der Waals surface area contributed by atoms with Crippen LogP contribution in [0, 0.1) is 13.8 Å². The van der Waals surface area contributed by atoms with E-state index in [1.807, 2.05) is 24.3 Å². The lowest BCUT2D eigenvalue weighted by atomic mass is 10.1. The third-order valence-electron chi connectivity index (χ3n) is 4.13. The molecule has 0 radical (unpaired) electrons. The average molecular weight is 356 g/mol. The van der Waals surface area contributed by atoms with Crippen LogP contribution in [0.4, 0.5) is 5.69 Å². The maximum Gasteiger partial charge on any atom is 0.173 e. The number of aryl methyl sites for hydroxylation is 2. The number of likely N-dealkylation sites (N-methyl/N-ethyl adjacent to an activating group) is 1. The Bertz CT molecular complexity index is 743. The van der Waals surface area contributed by atoms with Crippen molar-refractivity contribution in [3.05, 3.63) is 53.6 Å². The number of thiocarbonyl (C=S) groups is 1. The highest BCUT2D eigenvalue weighted by Gasteiger charge is 2.23. The summed E-state index contributed by atoms with van der Waals surface area (Å²) in [5.74, 6) is 1.60. The second-order valence-corrected chi connectivity index (χ2v) is 6.73. The van der Waals surface area contributed by atoms with E-state index >= 15 is 0 Å². The first-order valence-corrected chi connectivity index (χ1v) is 8.98. The van der Waals surface area contributed by atoms with E-state index in [1.165, 1.54) is 11.1 Å². The van der Waals surface area contributed by atoms with Crippen molar-refractivity contribution in [2.45, 2.75) is 26.9 Å². The summed E-state index contributed by atoms with van der Waals surface area (Å²) in [7, 11) is 0. The molecule has 1 aliphatic heterocycles. The van der Waals surface area contributed by atoms with Gasteiger partial charge in [0.15, 0.2) is 22.7 Å². The SMILES string of the molecule is CCN(C[C@@H]1COc2ccccc2O1)C(=S)Nc1cc(C)cc(C)c1. The highest BCUT2D eigenvalue weighted by Crippen LogP contribution is 2.31. The van der Waals surface area contributed by atoms with Crippen molar-refractivity contribution in [3.63, 3.8) is 0 Å². The largest absolute Gasteiger partial charge is 0.486 e. The Hall–Kier alpha value is -2.27. The lowest BCUT2D eigenvalue weighted by Gasteiger charge is -2.32. The van der Waals surface area contributed by atoms with Crippen molar-refractivity contribution in [1.29, 1.82) is 0 Å². The Kier molecular flexibility index (Phi) is 5.43. The first kappa shape index (κ1) is 17.5. The Morgan fingerprint density at radius 2 is 1.84 bits per heavy atom. The third kappa shape index (κ3) is 4.42. The molecule has 1 atom stereocenters. The zero-order valence-corrected chi connectivity index (χ0v) is 15.7. The molecule has 2 aromatic carbocycles. The summed E-state index contributed by atoms with van der Waals surface area (Å²) in [5, 5.41) is 4.05. The topological polar surface area (TPSA) is 33.7 Å². The minimum atomic E-state index is -0.0474. The van der Waals surface area contributed by atoms with E-state index in [0.29, 0.717) is 18.3 Å². The molecule has 0 spiro atoms.